The van der Waals surface area contributed by atoms with E-state index in [1.54, 1.807) is 11.1 Å². The summed E-state index contributed by atoms with van der Waals surface area (Å²) in [6, 6.07) is 7.94. The number of nitrogens with zero attached hydrogens (tertiary/aromatic N) is 1. The van der Waals surface area contributed by atoms with E-state index in [2.05, 4.69) is 0 Å². The number of benzene rings is 1. The molecule has 2 heteroatoms. The molecule has 0 saturated heterocycles. The Morgan fingerprint density at radius 1 is 1.18 bits per heavy atom. The summed E-state index contributed by atoms with van der Waals surface area (Å²) in [4.78, 5) is 13.7. The highest BCUT2D eigenvalue weighted by Crippen LogP contribution is 2.16. The largest absolute Gasteiger partial charge is 0.288 e. The van der Waals surface area contributed by atoms with Gasteiger partial charge in [-0.3, -0.25) is 9.69 Å². The molecule has 2 nitrogen and oxygen atoms in total. The molecule has 1 aromatic rings. The molecule has 0 spiro atoms. The number of carbonyl (C=O) groups is 1. The van der Waals surface area contributed by atoms with Crippen LogP contribution in [0.3, 0.4) is 0 Å². The Kier molecular flexibility index (Phi) is 5.21. The van der Waals surface area contributed by atoms with Gasteiger partial charge >= 0.3 is 0 Å². The van der Waals surface area contributed by atoms with Crippen LogP contribution in [0.4, 0.5) is 5.69 Å². The Labute approximate surface area is 103 Å². The second-order valence-electron chi connectivity index (χ2n) is 3.85. The highest BCUT2D eigenvalue weighted by Gasteiger charge is 2.10. The Hall–Kier alpha value is -1.83. The van der Waals surface area contributed by atoms with Crippen LogP contribution in [0, 0.1) is 6.92 Å². The molecule has 0 aliphatic carbocycles. The fourth-order valence-electron chi connectivity index (χ4n) is 1.48. The van der Waals surface area contributed by atoms with E-state index in [4.69, 9.17) is 0 Å². The normalized spacial score (nSPS) is 11.2. The predicted molar refractivity (Wildman–Crippen MR) is 72.9 cm³/mol. The second-order valence-corrected chi connectivity index (χ2v) is 3.85. The van der Waals surface area contributed by atoms with Crippen LogP contribution >= 0.6 is 0 Å². The number of carbonyl (C=O) groups excluding carboxylic acids is 1. The van der Waals surface area contributed by atoms with Crippen molar-refractivity contribution >= 4 is 11.6 Å². The van der Waals surface area contributed by atoms with Crippen molar-refractivity contribution < 1.29 is 4.79 Å². The first-order valence-electron chi connectivity index (χ1n) is 5.81. The highest BCUT2D eigenvalue weighted by atomic mass is 16.2. The Bertz CT molecular complexity index is 415. The molecule has 0 fully saturated rings. The van der Waals surface area contributed by atoms with Gasteiger partial charge in [0.05, 0.1) is 0 Å². The predicted octanol–water partition coefficient (Wildman–Crippen LogP) is 3.83. The zero-order valence-corrected chi connectivity index (χ0v) is 10.7. The molecule has 1 aromatic carbocycles. The van der Waals surface area contributed by atoms with Crippen molar-refractivity contribution in [2.24, 2.45) is 0 Å². The van der Waals surface area contributed by atoms with Crippen molar-refractivity contribution in [2.75, 3.05) is 4.90 Å². The lowest BCUT2D eigenvalue weighted by Gasteiger charge is -2.18. The van der Waals surface area contributed by atoms with E-state index in [1.807, 2.05) is 63.3 Å². The minimum atomic E-state index is 0.0741. The number of rotatable bonds is 4. The van der Waals surface area contributed by atoms with Gasteiger partial charge in [-0.2, -0.15) is 0 Å². The first-order valence-corrected chi connectivity index (χ1v) is 5.81. The summed E-state index contributed by atoms with van der Waals surface area (Å²) in [6.45, 7) is 5.86. The molecule has 0 atom stereocenters. The van der Waals surface area contributed by atoms with Crippen molar-refractivity contribution in [1.29, 1.82) is 0 Å². The lowest BCUT2D eigenvalue weighted by molar-refractivity contribution is -0.117. The molecular weight excluding hydrogens is 210 g/mol. The zero-order valence-electron chi connectivity index (χ0n) is 10.7. The fourth-order valence-corrected chi connectivity index (χ4v) is 1.48. The minimum Gasteiger partial charge on any atom is -0.288 e. The molecule has 90 valence electrons. The van der Waals surface area contributed by atoms with Crippen LogP contribution in [0.1, 0.15) is 25.8 Å². The first-order chi connectivity index (χ1) is 8.19. The maximum atomic E-state index is 12.0. The van der Waals surface area contributed by atoms with Crippen LogP contribution in [-0.4, -0.2) is 5.91 Å². The molecular formula is C15H19NO. The second kappa shape index (κ2) is 6.69. The lowest BCUT2D eigenvalue weighted by atomic mass is 10.2. The summed E-state index contributed by atoms with van der Waals surface area (Å²) < 4.78 is 0. The van der Waals surface area contributed by atoms with Crippen molar-refractivity contribution in [1.82, 2.24) is 0 Å². The highest BCUT2D eigenvalue weighted by molar-refractivity contribution is 5.95. The van der Waals surface area contributed by atoms with Crippen molar-refractivity contribution in [3.63, 3.8) is 0 Å². The van der Waals surface area contributed by atoms with Crippen LogP contribution in [0.5, 0.6) is 0 Å². The zero-order chi connectivity index (χ0) is 12.7. The third kappa shape index (κ3) is 3.91. The van der Waals surface area contributed by atoms with Gasteiger partial charge in [-0.1, -0.05) is 35.9 Å². The van der Waals surface area contributed by atoms with Gasteiger partial charge in [-0.25, -0.2) is 0 Å². The molecule has 0 saturated carbocycles. The van der Waals surface area contributed by atoms with Gasteiger partial charge in [0, 0.05) is 18.3 Å². The smallest absolute Gasteiger partial charge is 0.234 e. The third-order valence-corrected chi connectivity index (χ3v) is 2.41. The Balaban J connectivity index is 2.92. The maximum Gasteiger partial charge on any atom is 0.234 e. The summed E-state index contributed by atoms with van der Waals surface area (Å²) in [5.74, 6) is 0.0741. The molecule has 1 rings (SSSR count). The molecule has 1 amide bonds. The van der Waals surface area contributed by atoms with Gasteiger partial charge in [0.1, 0.15) is 0 Å². The monoisotopic (exact) mass is 229 g/mol. The van der Waals surface area contributed by atoms with Crippen LogP contribution in [0.15, 0.2) is 48.7 Å². The van der Waals surface area contributed by atoms with Crippen LogP contribution in [-0.2, 0) is 4.79 Å². The van der Waals surface area contributed by atoms with Gasteiger partial charge in [0.15, 0.2) is 0 Å². The summed E-state index contributed by atoms with van der Waals surface area (Å²) in [5, 5.41) is 0. The molecule has 17 heavy (non-hydrogen) atoms. The number of allylic oxidation sites excluding steroid dienone is 2. The van der Waals surface area contributed by atoms with E-state index in [9.17, 15) is 4.79 Å². The molecule has 0 heterocycles. The maximum absolute atomic E-state index is 12.0. The topological polar surface area (TPSA) is 20.3 Å². The molecule has 0 aliphatic heterocycles. The molecule has 0 bridgehead atoms. The number of amides is 1. The lowest BCUT2D eigenvalue weighted by Crippen LogP contribution is -2.24. The molecule has 0 aliphatic rings. The summed E-state index contributed by atoms with van der Waals surface area (Å²) in [7, 11) is 0. The van der Waals surface area contributed by atoms with Crippen LogP contribution in [0.25, 0.3) is 0 Å². The molecule has 0 N–H and O–H groups in total. The average Bonchev–Trinajstić information content (AvgIpc) is 2.34. The molecule has 0 radical (unpaired) electrons. The van der Waals surface area contributed by atoms with Crippen molar-refractivity contribution in [3.05, 3.63) is 54.3 Å². The van der Waals surface area contributed by atoms with Crippen LogP contribution in [0.2, 0.25) is 0 Å². The van der Waals surface area contributed by atoms with Gasteiger partial charge in [-0.15, -0.1) is 0 Å². The summed E-state index contributed by atoms with van der Waals surface area (Å²) in [5.41, 5.74) is 2.10. The standard InChI is InChI=1S/C15H19NO/c1-4-6-7-15(17)16(12-5-2)14-10-8-13(3)9-11-14/h4-6,8-12H,7H2,1-3H3/b6-4-,12-5-. The minimum absolute atomic E-state index is 0.0741. The number of hydrogen-bond acceptors (Lipinski definition) is 1. The van der Waals surface area contributed by atoms with E-state index in [0.717, 1.165) is 5.69 Å². The van der Waals surface area contributed by atoms with Gasteiger partial charge in [0.2, 0.25) is 5.91 Å². The molecule has 0 aromatic heterocycles. The number of hydrogen-bond donors (Lipinski definition) is 0. The quantitative estimate of drug-likeness (QED) is 0.718. The third-order valence-electron chi connectivity index (χ3n) is 2.41. The SMILES string of the molecule is C/C=C\CC(=O)N(/C=C\C)c1ccc(C)cc1. The van der Waals surface area contributed by atoms with Gasteiger partial charge in [0.25, 0.3) is 0 Å². The van der Waals surface area contributed by atoms with E-state index in [0.29, 0.717) is 6.42 Å². The number of aryl methyl sites for hydroxylation is 1. The van der Waals surface area contributed by atoms with Gasteiger partial charge in [-0.05, 0) is 32.9 Å². The summed E-state index contributed by atoms with van der Waals surface area (Å²) >= 11 is 0. The Morgan fingerprint density at radius 2 is 1.82 bits per heavy atom. The van der Waals surface area contributed by atoms with Crippen LogP contribution < -0.4 is 4.90 Å². The van der Waals surface area contributed by atoms with E-state index < -0.39 is 0 Å². The number of anilines is 1. The first kappa shape index (κ1) is 13.2. The average molecular weight is 229 g/mol. The van der Waals surface area contributed by atoms with E-state index in [-0.39, 0.29) is 5.91 Å². The molecule has 0 unspecified atom stereocenters. The Morgan fingerprint density at radius 3 is 2.35 bits per heavy atom. The van der Waals surface area contributed by atoms with E-state index in [1.165, 1.54) is 5.56 Å². The van der Waals surface area contributed by atoms with Crippen molar-refractivity contribution in [3.8, 4) is 0 Å². The van der Waals surface area contributed by atoms with Gasteiger partial charge < -0.3 is 0 Å². The van der Waals surface area contributed by atoms with E-state index >= 15 is 0 Å². The summed E-state index contributed by atoms with van der Waals surface area (Å²) in [6.07, 6.45) is 7.85. The fraction of sp³-hybridized carbons (Fsp3) is 0.267. The van der Waals surface area contributed by atoms with Crippen molar-refractivity contribution in [2.45, 2.75) is 27.2 Å².